The maximum atomic E-state index is 12.6. The fourth-order valence-corrected chi connectivity index (χ4v) is 4.03. The molecule has 0 saturated carbocycles. The highest BCUT2D eigenvalue weighted by atomic mass is 35.5. The Morgan fingerprint density at radius 2 is 2.05 bits per heavy atom. The monoisotopic (exact) mass is 318 g/mol. The van der Waals surface area contributed by atoms with Crippen LogP contribution < -0.4 is 5.73 Å². The van der Waals surface area contributed by atoms with Gasteiger partial charge in [0, 0.05) is 37.9 Å². The Bertz CT molecular complexity index is 571. The quantitative estimate of drug-likeness (QED) is 0.915. The average Bonchev–Trinajstić information content (AvgIpc) is 2.47. The molecule has 0 unspecified atom stereocenters. The molecule has 2 rings (SSSR count). The van der Waals surface area contributed by atoms with Gasteiger partial charge in [-0.1, -0.05) is 17.7 Å². The van der Waals surface area contributed by atoms with Gasteiger partial charge in [-0.15, -0.1) is 0 Å². The van der Waals surface area contributed by atoms with Crippen LogP contribution in [0.5, 0.6) is 0 Å². The van der Waals surface area contributed by atoms with Crippen molar-refractivity contribution in [1.29, 1.82) is 0 Å². The molecular weight excluding hydrogens is 300 g/mol. The predicted molar refractivity (Wildman–Crippen MR) is 78.1 cm³/mol. The van der Waals surface area contributed by atoms with E-state index in [9.17, 15) is 8.42 Å². The topological polar surface area (TPSA) is 72.6 Å². The molecule has 1 fully saturated rings. The summed E-state index contributed by atoms with van der Waals surface area (Å²) in [6, 6.07) is 4.66. The molecule has 7 heteroatoms. The zero-order chi connectivity index (χ0) is 14.8. The SMILES string of the molecule is CN(C1CCOCC1)S(=O)(=O)c1ccc(CN)c(Cl)c1. The van der Waals surface area contributed by atoms with Crippen molar-refractivity contribution in [3.8, 4) is 0 Å². The number of benzene rings is 1. The van der Waals surface area contributed by atoms with Gasteiger partial charge in [-0.2, -0.15) is 4.31 Å². The summed E-state index contributed by atoms with van der Waals surface area (Å²) in [4.78, 5) is 0.202. The third-order valence-corrected chi connectivity index (χ3v) is 5.88. The Morgan fingerprint density at radius 3 is 2.60 bits per heavy atom. The van der Waals surface area contributed by atoms with E-state index < -0.39 is 10.0 Å². The number of nitrogens with zero attached hydrogens (tertiary/aromatic N) is 1. The average molecular weight is 319 g/mol. The molecule has 1 saturated heterocycles. The van der Waals surface area contributed by atoms with Crippen LogP contribution in [0.3, 0.4) is 0 Å². The molecule has 0 bridgehead atoms. The summed E-state index contributed by atoms with van der Waals surface area (Å²) in [5, 5.41) is 0.383. The summed E-state index contributed by atoms with van der Waals surface area (Å²) < 4.78 is 31.8. The molecule has 0 spiro atoms. The van der Waals surface area contributed by atoms with Crippen LogP contribution in [0, 0.1) is 0 Å². The van der Waals surface area contributed by atoms with Gasteiger partial charge in [0.1, 0.15) is 0 Å². The molecule has 0 radical (unpaired) electrons. The summed E-state index contributed by atoms with van der Waals surface area (Å²) in [6.07, 6.45) is 1.43. The highest BCUT2D eigenvalue weighted by Crippen LogP contribution is 2.25. The number of halogens is 1. The molecule has 20 heavy (non-hydrogen) atoms. The largest absolute Gasteiger partial charge is 0.381 e. The van der Waals surface area contributed by atoms with Gasteiger partial charge >= 0.3 is 0 Å². The van der Waals surface area contributed by atoms with Crippen LogP contribution in [0.1, 0.15) is 18.4 Å². The first-order valence-corrected chi connectivity index (χ1v) is 8.33. The van der Waals surface area contributed by atoms with Gasteiger partial charge in [0.15, 0.2) is 0 Å². The van der Waals surface area contributed by atoms with Crippen molar-refractivity contribution < 1.29 is 13.2 Å². The molecule has 0 aliphatic carbocycles. The molecule has 1 aliphatic heterocycles. The third kappa shape index (κ3) is 3.15. The van der Waals surface area contributed by atoms with Crippen LogP contribution in [-0.4, -0.2) is 39.0 Å². The molecular formula is C13H19ClN2O3S. The Hall–Kier alpha value is -0.660. The molecule has 5 nitrogen and oxygen atoms in total. The van der Waals surface area contributed by atoms with E-state index in [1.807, 2.05) is 0 Å². The van der Waals surface area contributed by atoms with Crippen molar-refractivity contribution in [2.75, 3.05) is 20.3 Å². The van der Waals surface area contributed by atoms with Crippen molar-refractivity contribution in [1.82, 2.24) is 4.31 Å². The molecule has 1 heterocycles. The number of hydrogen-bond donors (Lipinski definition) is 1. The minimum Gasteiger partial charge on any atom is -0.381 e. The fraction of sp³-hybridized carbons (Fsp3) is 0.538. The highest BCUT2D eigenvalue weighted by Gasteiger charge is 2.29. The number of hydrogen-bond acceptors (Lipinski definition) is 4. The predicted octanol–water partition coefficient (Wildman–Crippen LogP) is 1.60. The van der Waals surface area contributed by atoms with Crippen LogP contribution in [0.2, 0.25) is 5.02 Å². The lowest BCUT2D eigenvalue weighted by molar-refractivity contribution is 0.0632. The van der Waals surface area contributed by atoms with Gasteiger partial charge < -0.3 is 10.5 Å². The lowest BCUT2D eigenvalue weighted by atomic mass is 10.1. The zero-order valence-corrected chi connectivity index (χ0v) is 13.0. The number of sulfonamides is 1. The maximum absolute atomic E-state index is 12.6. The smallest absolute Gasteiger partial charge is 0.243 e. The number of ether oxygens (including phenoxy) is 1. The van der Waals surface area contributed by atoms with Gasteiger partial charge in [0.05, 0.1) is 4.90 Å². The molecule has 0 atom stereocenters. The second-order valence-corrected chi connectivity index (χ2v) is 7.23. The lowest BCUT2D eigenvalue weighted by Gasteiger charge is -2.30. The first kappa shape index (κ1) is 15.7. The summed E-state index contributed by atoms with van der Waals surface area (Å²) in [7, 11) is -1.93. The van der Waals surface area contributed by atoms with Crippen LogP contribution in [0.15, 0.2) is 23.1 Å². The molecule has 0 aromatic heterocycles. The van der Waals surface area contributed by atoms with Crippen molar-refractivity contribution >= 4 is 21.6 Å². The first-order valence-electron chi connectivity index (χ1n) is 6.51. The van der Waals surface area contributed by atoms with Gasteiger partial charge in [-0.05, 0) is 30.5 Å². The van der Waals surface area contributed by atoms with E-state index in [0.29, 0.717) is 31.1 Å². The van der Waals surface area contributed by atoms with Crippen molar-refractivity contribution in [2.24, 2.45) is 5.73 Å². The van der Waals surface area contributed by atoms with E-state index in [2.05, 4.69) is 0 Å². The first-order chi connectivity index (χ1) is 9.46. The van der Waals surface area contributed by atoms with Gasteiger partial charge in [-0.3, -0.25) is 0 Å². The minimum absolute atomic E-state index is 0.0262. The molecule has 1 aromatic carbocycles. The standard InChI is InChI=1S/C13H19ClN2O3S/c1-16(11-4-6-19-7-5-11)20(17,18)12-3-2-10(9-15)13(14)8-12/h2-3,8,11H,4-7,9,15H2,1H3. The third-order valence-electron chi connectivity index (χ3n) is 3.63. The van der Waals surface area contributed by atoms with Crippen molar-refractivity contribution in [3.05, 3.63) is 28.8 Å². The molecule has 112 valence electrons. The molecule has 2 N–H and O–H groups in total. The molecule has 1 aromatic rings. The van der Waals surface area contributed by atoms with E-state index in [-0.39, 0.29) is 17.5 Å². The number of nitrogens with two attached hydrogens (primary N) is 1. The van der Waals surface area contributed by atoms with Gasteiger partial charge in [0.2, 0.25) is 10.0 Å². The lowest BCUT2D eigenvalue weighted by Crippen LogP contribution is -2.40. The van der Waals surface area contributed by atoms with Crippen molar-refractivity contribution in [3.63, 3.8) is 0 Å². The van der Waals surface area contributed by atoms with E-state index in [0.717, 1.165) is 5.56 Å². The van der Waals surface area contributed by atoms with E-state index in [1.165, 1.54) is 10.4 Å². The summed E-state index contributed by atoms with van der Waals surface area (Å²) in [5.41, 5.74) is 6.26. The maximum Gasteiger partial charge on any atom is 0.243 e. The van der Waals surface area contributed by atoms with Crippen molar-refractivity contribution in [2.45, 2.75) is 30.3 Å². The highest BCUT2D eigenvalue weighted by molar-refractivity contribution is 7.89. The van der Waals surface area contributed by atoms with Crippen LogP contribution in [0.25, 0.3) is 0 Å². The van der Waals surface area contributed by atoms with Crippen LogP contribution in [0.4, 0.5) is 0 Å². The summed E-state index contributed by atoms with van der Waals surface area (Å²) in [6.45, 7) is 1.48. The Kier molecular flexibility index (Phi) is 5.04. The minimum atomic E-state index is -3.53. The molecule has 1 aliphatic rings. The second-order valence-electron chi connectivity index (χ2n) is 4.82. The van der Waals surface area contributed by atoms with E-state index >= 15 is 0 Å². The van der Waals surface area contributed by atoms with Gasteiger partial charge in [0.25, 0.3) is 0 Å². The van der Waals surface area contributed by atoms with E-state index in [4.69, 9.17) is 22.1 Å². The van der Waals surface area contributed by atoms with Crippen LogP contribution >= 0.6 is 11.6 Å². The zero-order valence-electron chi connectivity index (χ0n) is 11.4. The van der Waals surface area contributed by atoms with Crippen LogP contribution in [-0.2, 0) is 21.3 Å². The summed E-state index contributed by atoms with van der Waals surface area (Å²) >= 11 is 6.04. The van der Waals surface area contributed by atoms with E-state index in [1.54, 1.807) is 19.2 Å². The number of rotatable bonds is 4. The Balaban J connectivity index is 2.27. The molecule has 0 amide bonds. The Labute approximate surface area is 124 Å². The Morgan fingerprint density at radius 1 is 1.40 bits per heavy atom. The normalized spacial score (nSPS) is 17.6. The summed E-state index contributed by atoms with van der Waals surface area (Å²) in [5.74, 6) is 0. The second kappa shape index (κ2) is 6.41. The van der Waals surface area contributed by atoms with Gasteiger partial charge in [-0.25, -0.2) is 8.42 Å². The fourth-order valence-electron chi connectivity index (χ4n) is 2.27.